The summed E-state index contributed by atoms with van der Waals surface area (Å²) in [5.74, 6) is -0.230. The van der Waals surface area contributed by atoms with Crippen molar-refractivity contribution < 1.29 is 4.39 Å². The molecule has 0 saturated heterocycles. The summed E-state index contributed by atoms with van der Waals surface area (Å²) in [7, 11) is 0. The summed E-state index contributed by atoms with van der Waals surface area (Å²) in [4.78, 5) is 0. The van der Waals surface area contributed by atoms with Crippen LogP contribution >= 0.6 is 0 Å². The summed E-state index contributed by atoms with van der Waals surface area (Å²) >= 11 is 0. The van der Waals surface area contributed by atoms with Gasteiger partial charge in [0.2, 0.25) is 0 Å². The fourth-order valence-corrected chi connectivity index (χ4v) is 1.24. The van der Waals surface area contributed by atoms with Crippen molar-refractivity contribution in [2.45, 2.75) is 18.9 Å². The van der Waals surface area contributed by atoms with Crippen molar-refractivity contribution in [3.8, 4) is 0 Å². The van der Waals surface area contributed by atoms with Crippen molar-refractivity contribution >= 4 is 0 Å². The lowest BCUT2D eigenvalue weighted by Gasteiger charge is -2.09. The van der Waals surface area contributed by atoms with Gasteiger partial charge in [0.15, 0.2) is 0 Å². The van der Waals surface area contributed by atoms with Crippen molar-refractivity contribution in [1.82, 2.24) is 0 Å². The van der Waals surface area contributed by atoms with Crippen LogP contribution in [0.5, 0.6) is 0 Å². The Bertz CT molecular complexity index is 323. The highest BCUT2D eigenvalue weighted by atomic mass is 19.1. The van der Waals surface area contributed by atoms with Gasteiger partial charge in [-0.05, 0) is 36.6 Å². The van der Waals surface area contributed by atoms with Crippen LogP contribution in [0.2, 0.25) is 0 Å². The summed E-state index contributed by atoms with van der Waals surface area (Å²) in [6.45, 7) is 3.47. The van der Waals surface area contributed by atoms with Gasteiger partial charge in [-0.15, -0.1) is 5.73 Å². The molecule has 0 bridgehead atoms. The maximum absolute atomic E-state index is 12.6. The third kappa shape index (κ3) is 3.17. The van der Waals surface area contributed by atoms with E-state index in [1.54, 1.807) is 12.1 Å². The number of hydrogen-bond donors (Lipinski definition) is 1. The Morgan fingerprint density at radius 2 is 2.07 bits per heavy atom. The van der Waals surface area contributed by atoms with Gasteiger partial charge in [0.05, 0.1) is 0 Å². The quantitative estimate of drug-likeness (QED) is 0.727. The highest BCUT2D eigenvalue weighted by Crippen LogP contribution is 2.15. The van der Waals surface area contributed by atoms with Crippen molar-refractivity contribution in [2.24, 2.45) is 5.73 Å². The van der Waals surface area contributed by atoms with Crippen molar-refractivity contribution in [1.29, 1.82) is 0 Å². The maximum Gasteiger partial charge on any atom is 0.123 e. The first-order chi connectivity index (χ1) is 6.74. The van der Waals surface area contributed by atoms with Gasteiger partial charge in [0.1, 0.15) is 5.82 Å². The Kier molecular flexibility index (Phi) is 4.11. The van der Waals surface area contributed by atoms with E-state index in [0.29, 0.717) is 0 Å². The van der Waals surface area contributed by atoms with Gasteiger partial charge in [-0.3, -0.25) is 0 Å². The lowest BCUT2D eigenvalue weighted by atomic mass is 10.0. The first kappa shape index (κ1) is 10.7. The van der Waals surface area contributed by atoms with E-state index in [0.717, 1.165) is 18.4 Å². The van der Waals surface area contributed by atoms with Gasteiger partial charge in [0, 0.05) is 6.04 Å². The van der Waals surface area contributed by atoms with E-state index in [1.165, 1.54) is 12.1 Å². The molecule has 1 atom stereocenters. The zero-order valence-corrected chi connectivity index (χ0v) is 8.04. The predicted octanol–water partition coefficient (Wildman–Crippen LogP) is 2.95. The third-order valence-corrected chi connectivity index (χ3v) is 2.06. The Labute approximate surface area is 83.7 Å². The third-order valence-electron chi connectivity index (χ3n) is 2.06. The van der Waals surface area contributed by atoms with Crippen molar-refractivity contribution in [2.75, 3.05) is 0 Å². The molecule has 0 fully saturated rings. The molecule has 1 unspecified atom stereocenters. The summed E-state index contributed by atoms with van der Waals surface area (Å²) in [5, 5.41) is 0. The Hall–Kier alpha value is -1.37. The molecule has 0 aliphatic carbocycles. The van der Waals surface area contributed by atoms with Crippen molar-refractivity contribution in [3.05, 3.63) is 54.0 Å². The molecule has 0 spiro atoms. The van der Waals surface area contributed by atoms with Crippen LogP contribution in [0.3, 0.4) is 0 Å². The zero-order chi connectivity index (χ0) is 10.4. The Balaban J connectivity index is 2.55. The average molecular weight is 191 g/mol. The molecule has 0 saturated carbocycles. The van der Waals surface area contributed by atoms with E-state index in [-0.39, 0.29) is 11.9 Å². The van der Waals surface area contributed by atoms with E-state index < -0.39 is 0 Å². The molecule has 0 aromatic heterocycles. The molecule has 1 aromatic carbocycles. The standard InChI is InChI=1S/C12H14FN/c1-2-3-4-5-12(14)10-6-8-11(13)9-7-10/h3,6-9,12H,1,4-5,14H2. The fraction of sp³-hybridized carbons (Fsp3) is 0.250. The molecular weight excluding hydrogens is 177 g/mol. The average Bonchev–Trinajstić information content (AvgIpc) is 2.19. The first-order valence-corrected chi connectivity index (χ1v) is 4.59. The summed E-state index contributed by atoms with van der Waals surface area (Å²) in [6.07, 6.45) is 3.53. The fourth-order valence-electron chi connectivity index (χ4n) is 1.24. The maximum atomic E-state index is 12.6. The number of nitrogens with two attached hydrogens (primary N) is 1. The molecule has 0 aliphatic heterocycles. The van der Waals surface area contributed by atoms with Gasteiger partial charge in [-0.25, -0.2) is 4.39 Å². The summed E-state index contributed by atoms with van der Waals surface area (Å²) in [5.41, 5.74) is 9.55. The molecular formula is C12H14FN. The minimum atomic E-state index is -0.230. The second-order valence-electron chi connectivity index (χ2n) is 3.14. The normalized spacial score (nSPS) is 11.9. The van der Waals surface area contributed by atoms with Crippen LogP contribution in [-0.4, -0.2) is 0 Å². The van der Waals surface area contributed by atoms with Crippen LogP contribution in [-0.2, 0) is 0 Å². The number of allylic oxidation sites excluding steroid dienone is 1. The highest BCUT2D eigenvalue weighted by Gasteiger charge is 2.04. The highest BCUT2D eigenvalue weighted by molar-refractivity contribution is 5.19. The second kappa shape index (κ2) is 5.38. The number of halogens is 1. The Morgan fingerprint density at radius 3 is 2.64 bits per heavy atom. The second-order valence-corrected chi connectivity index (χ2v) is 3.14. The van der Waals surface area contributed by atoms with E-state index in [9.17, 15) is 4.39 Å². The number of benzene rings is 1. The SMILES string of the molecule is C=C=CCCC(N)c1ccc(F)cc1. The van der Waals surface area contributed by atoms with Gasteiger partial charge in [-0.2, -0.15) is 0 Å². The molecule has 74 valence electrons. The number of rotatable bonds is 4. The monoisotopic (exact) mass is 191 g/mol. The molecule has 1 aromatic rings. The van der Waals surface area contributed by atoms with E-state index in [1.807, 2.05) is 6.08 Å². The van der Waals surface area contributed by atoms with Gasteiger partial charge >= 0.3 is 0 Å². The van der Waals surface area contributed by atoms with E-state index in [2.05, 4.69) is 12.3 Å². The number of hydrogen-bond acceptors (Lipinski definition) is 1. The van der Waals surface area contributed by atoms with E-state index >= 15 is 0 Å². The molecule has 1 rings (SSSR count). The molecule has 1 nitrogen and oxygen atoms in total. The minimum Gasteiger partial charge on any atom is -0.324 e. The van der Waals surface area contributed by atoms with Gasteiger partial charge < -0.3 is 5.73 Å². The molecule has 14 heavy (non-hydrogen) atoms. The minimum absolute atomic E-state index is 0.0415. The molecule has 2 heteroatoms. The lowest BCUT2D eigenvalue weighted by Crippen LogP contribution is -2.09. The van der Waals surface area contributed by atoms with Crippen molar-refractivity contribution in [3.63, 3.8) is 0 Å². The van der Waals surface area contributed by atoms with Gasteiger partial charge in [0.25, 0.3) is 0 Å². The molecule has 0 radical (unpaired) electrons. The van der Waals surface area contributed by atoms with Crippen LogP contribution < -0.4 is 5.73 Å². The van der Waals surface area contributed by atoms with Crippen LogP contribution in [0.25, 0.3) is 0 Å². The van der Waals surface area contributed by atoms with E-state index in [4.69, 9.17) is 5.73 Å². The molecule has 2 N–H and O–H groups in total. The topological polar surface area (TPSA) is 26.0 Å². The van der Waals surface area contributed by atoms with Gasteiger partial charge in [-0.1, -0.05) is 18.7 Å². The molecule has 0 aliphatic rings. The zero-order valence-electron chi connectivity index (χ0n) is 8.04. The smallest absolute Gasteiger partial charge is 0.123 e. The lowest BCUT2D eigenvalue weighted by molar-refractivity contribution is 0.620. The first-order valence-electron chi connectivity index (χ1n) is 4.59. The van der Waals surface area contributed by atoms with Crippen LogP contribution in [0, 0.1) is 5.82 Å². The van der Waals surface area contributed by atoms with Crippen LogP contribution in [0.15, 0.2) is 42.7 Å². The predicted molar refractivity (Wildman–Crippen MR) is 56.3 cm³/mol. The van der Waals surface area contributed by atoms with Crippen LogP contribution in [0.4, 0.5) is 4.39 Å². The molecule has 0 heterocycles. The largest absolute Gasteiger partial charge is 0.324 e. The Morgan fingerprint density at radius 1 is 1.43 bits per heavy atom. The molecule has 0 amide bonds. The van der Waals surface area contributed by atoms with Crippen LogP contribution in [0.1, 0.15) is 24.4 Å². The summed E-state index contributed by atoms with van der Waals surface area (Å²) in [6, 6.07) is 6.26. The summed E-state index contributed by atoms with van der Waals surface area (Å²) < 4.78 is 12.6.